The van der Waals surface area contributed by atoms with E-state index in [1.165, 1.54) is 16.0 Å². The highest BCUT2D eigenvalue weighted by Crippen LogP contribution is 2.21. The van der Waals surface area contributed by atoms with Crippen molar-refractivity contribution in [1.82, 2.24) is 15.5 Å². The molecule has 1 unspecified atom stereocenters. The van der Waals surface area contributed by atoms with Gasteiger partial charge in [0.05, 0.1) is 25.8 Å². The van der Waals surface area contributed by atoms with Crippen molar-refractivity contribution in [3.63, 3.8) is 0 Å². The van der Waals surface area contributed by atoms with Crippen molar-refractivity contribution in [1.29, 1.82) is 0 Å². The monoisotopic (exact) mass is 386 g/mol. The first-order valence-electron chi connectivity index (χ1n) is 9.69. The van der Waals surface area contributed by atoms with Crippen LogP contribution >= 0.6 is 11.3 Å². The molecule has 146 valence electrons. The topological polar surface area (TPSA) is 48.9 Å². The van der Waals surface area contributed by atoms with E-state index in [0.717, 1.165) is 45.4 Å². The maximum atomic E-state index is 5.55. The number of thiophene rings is 1. The second-order valence-corrected chi connectivity index (χ2v) is 7.76. The molecule has 1 aromatic carbocycles. The number of nitrogens with one attached hydrogen (secondary N) is 2. The quantitative estimate of drug-likeness (QED) is 0.567. The molecule has 0 aliphatic carbocycles. The number of guanidine groups is 1. The molecule has 6 heteroatoms. The minimum Gasteiger partial charge on any atom is -0.379 e. The van der Waals surface area contributed by atoms with Crippen molar-refractivity contribution in [3.8, 4) is 0 Å². The van der Waals surface area contributed by atoms with Gasteiger partial charge in [0, 0.05) is 31.1 Å². The van der Waals surface area contributed by atoms with Crippen LogP contribution in [0.15, 0.2) is 46.8 Å². The van der Waals surface area contributed by atoms with Gasteiger partial charge in [-0.05, 0) is 30.9 Å². The number of hydrogen-bond donors (Lipinski definition) is 2. The predicted molar refractivity (Wildman–Crippen MR) is 113 cm³/mol. The third-order valence-corrected chi connectivity index (χ3v) is 5.59. The fourth-order valence-electron chi connectivity index (χ4n) is 3.23. The standard InChI is InChI=1S/C21H30N4OS/c1-3-22-21(23-15-19-5-4-14-27-19)24-16-20(25-10-12-26-13-11-25)18-8-6-17(2)7-9-18/h4-9,14,20H,3,10-13,15-16H2,1-2H3,(H2,22,23,24). The van der Waals surface area contributed by atoms with Gasteiger partial charge in [0.1, 0.15) is 0 Å². The Morgan fingerprint density at radius 1 is 1.19 bits per heavy atom. The zero-order valence-electron chi connectivity index (χ0n) is 16.3. The van der Waals surface area contributed by atoms with Crippen molar-refractivity contribution in [3.05, 3.63) is 57.8 Å². The highest BCUT2D eigenvalue weighted by atomic mass is 32.1. The molecule has 1 fully saturated rings. The molecule has 0 spiro atoms. The van der Waals surface area contributed by atoms with E-state index in [4.69, 9.17) is 9.73 Å². The summed E-state index contributed by atoms with van der Waals surface area (Å²) < 4.78 is 5.55. The number of morpholine rings is 1. The molecule has 0 bridgehead atoms. The van der Waals surface area contributed by atoms with Crippen LogP contribution in [-0.2, 0) is 11.3 Å². The lowest BCUT2D eigenvalue weighted by atomic mass is 10.0. The van der Waals surface area contributed by atoms with E-state index < -0.39 is 0 Å². The van der Waals surface area contributed by atoms with Gasteiger partial charge < -0.3 is 15.4 Å². The van der Waals surface area contributed by atoms with Gasteiger partial charge >= 0.3 is 0 Å². The molecule has 5 nitrogen and oxygen atoms in total. The van der Waals surface area contributed by atoms with Gasteiger partial charge in [-0.2, -0.15) is 0 Å². The fraction of sp³-hybridized carbons (Fsp3) is 0.476. The molecule has 1 aliphatic rings. The van der Waals surface area contributed by atoms with E-state index in [0.29, 0.717) is 12.6 Å². The largest absolute Gasteiger partial charge is 0.379 e. The Morgan fingerprint density at radius 2 is 1.96 bits per heavy atom. The summed E-state index contributed by atoms with van der Waals surface area (Å²) in [6.07, 6.45) is 0. The van der Waals surface area contributed by atoms with Crippen molar-refractivity contribution in [2.45, 2.75) is 26.4 Å². The molecule has 0 radical (unpaired) electrons. The summed E-state index contributed by atoms with van der Waals surface area (Å²) >= 11 is 1.74. The van der Waals surface area contributed by atoms with E-state index in [-0.39, 0.29) is 0 Å². The lowest BCUT2D eigenvalue weighted by Gasteiger charge is -2.35. The third kappa shape index (κ3) is 6.06. The van der Waals surface area contributed by atoms with Gasteiger partial charge in [0.2, 0.25) is 0 Å². The summed E-state index contributed by atoms with van der Waals surface area (Å²) in [7, 11) is 0. The van der Waals surface area contributed by atoms with Crippen LogP contribution in [0.1, 0.15) is 29.0 Å². The Balaban J connectivity index is 1.69. The summed E-state index contributed by atoms with van der Waals surface area (Å²) in [5, 5.41) is 9.01. The van der Waals surface area contributed by atoms with Gasteiger partial charge in [-0.15, -0.1) is 11.3 Å². The molecular formula is C21H30N4OS. The number of rotatable bonds is 7. The van der Waals surface area contributed by atoms with Gasteiger partial charge in [-0.1, -0.05) is 35.9 Å². The second-order valence-electron chi connectivity index (χ2n) is 6.73. The van der Waals surface area contributed by atoms with Crippen LogP contribution in [0, 0.1) is 6.92 Å². The average Bonchev–Trinajstić information content (AvgIpc) is 3.22. The van der Waals surface area contributed by atoms with Crippen LogP contribution < -0.4 is 10.6 Å². The van der Waals surface area contributed by atoms with Crippen molar-refractivity contribution < 1.29 is 4.74 Å². The number of nitrogens with zero attached hydrogens (tertiary/aromatic N) is 2. The van der Waals surface area contributed by atoms with Crippen molar-refractivity contribution in [2.24, 2.45) is 4.99 Å². The first-order chi connectivity index (χ1) is 13.3. The Kier molecular flexibility index (Phi) is 7.68. The maximum absolute atomic E-state index is 5.55. The third-order valence-electron chi connectivity index (χ3n) is 4.73. The number of hydrogen-bond acceptors (Lipinski definition) is 4. The molecular weight excluding hydrogens is 356 g/mol. The average molecular weight is 387 g/mol. The maximum Gasteiger partial charge on any atom is 0.191 e. The Morgan fingerprint density at radius 3 is 2.63 bits per heavy atom. The summed E-state index contributed by atoms with van der Waals surface area (Å²) in [4.78, 5) is 8.52. The Bertz CT molecular complexity index is 693. The van der Waals surface area contributed by atoms with E-state index in [2.05, 4.69) is 71.2 Å². The predicted octanol–water partition coefficient (Wildman–Crippen LogP) is 3.19. The molecule has 1 aromatic heterocycles. The molecule has 0 saturated carbocycles. The molecule has 2 heterocycles. The summed E-state index contributed by atoms with van der Waals surface area (Å²) in [5.41, 5.74) is 2.63. The first-order valence-corrected chi connectivity index (χ1v) is 10.6. The van der Waals surface area contributed by atoms with Crippen LogP contribution in [0.2, 0.25) is 0 Å². The van der Waals surface area contributed by atoms with E-state index in [9.17, 15) is 0 Å². The fourth-order valence-corrected chi connectivity index (χ4v) is 3.86. The highest BCUT2D eigenvalue weighted by Gasteiger charge is 2.22. The number of benzene rings is 1. The van der Waals surface area contributed by atoms with E-state index in [1.54, 1.807) is 11.3 Å². The minimum absolute atomic E-state index is 0.306. The van der Waals surface area contributed by atoms with Crippen LogP contribution in [-0.4, -0.2) is 50.3 Å². The molecule has 3 rings (SSSR count). The van der Waals surface area contributed by atoms with E-state index in [1.807, 2.05) is 0 Å². The molecule has 1 saturated heterocycles. The Hall–Kier alpha value is -1.89. The lowest BCUT2D eigenvalue weighted by molar-refractivity contribution is 0.0170. The van der Waals surface area contributed by atoms with Crippen LogP contribution in [0.5, 0.6) is 0 Å². The Labute approximate surface area is 166 Å². The highest BCUT2D eigenvalue weighted by molar-refractivity contribution is 7.09. The van der Waals surface area contributed by atoms with Crippen LogP contribution in [0.4, 0.5) is 0 Å². The molecule has 1 atom stereocenters. The van der Waals surface area contributed by atoms with Gasteiger partial charge in [0.15, 0.2) is 5.96 Å². The van der Waals surface area contributed by atoms with Gasteiger partial charge in [-0.25, -0.2) is 4.99 Å². The van der Waals surface area contributed by atoms with E-state index >= 15 is 0 Å². The van der Waals surface area contributed by atoms with Gasteiger partial charge in [-0.3, -0.25) is 4.90 Å². The second kappa shape index (κ2) is 10.4. The number of ether oxygens (including phenoxy) is 1. The molecule has 27 heavy (non-hydrogen) atoms. The zero-order valence-corrected chi connectivity index (χ0v) is 17.1. The van der Waals surface area contributed by atoms with Crippen LogP contribution in [0.25, 0.3) is 0 Å². The summed E-state index contributed by atoms with van der Waals surface area (Å²) in [6.45, 7) is 10.1. The van der Waals surface area contributed by atoms with Crippen LogP contribution in [0.3, 0.4) is 0 Å². The lowest BCUT2D eigenvalue weighted by Crippen LogP contribution is -2.46. The smallest absolute Gasteiger partial charge is 0.191 e. The van der Waals surface area contributed by atoms with Crippen molar-refractivity contribution in [2.75, 3.05) is 39.4 Å². The first kappa shape index (κ1) is 19.9. The molecule has 0 amide bonds. The number of aryl methyl sites for hydroxylation is 1. The summed E-state index contributed by atoms with van der Waals surface area (Å²) in [5.74, 6) is 0.872. The molecule has 1 aliphatic heterocycles. The zero-order chi connectivity index (χ0) is 18.9. The number of aliphatic imine (C=N–C) groups is 1. The molecule has 2 aromatic rings. The normalized spacial score (nSPS) is 16.9. The molecule has 2 N–H and O–H groups in total. The van der Waals surface area contributed by atoms with Gasteiger partial charge in [0.25, 0.3) is 0 Å². The summed E-state index contributed by atoms with van der Waals surface area (Å²) in [6, 6.07) is 13.4. The SMILES string of the molecule is CCNC(=NCc1cccs1)NCC(c1ccc(C)cc1)N1CCOCC1. The minimum atomic E-state index is 0.306. The van der Waals surface area contributed by atoms with Crippen molar-refractivity contribution >= 4 is 17.3 Å².